The van der Waals surface area contributed by atoms with Crippen LogP contribution in [0.2, 0.25) is 0 Å². The molecule has 9 heteroatoms. The van der Waals surface area contributed by atoms with E-state index in [4.69, 9.17) is 9.15 Å². The fraction of sp³-hybridized carbons (Fsp3) is 0.571. The summed E-state index contributed by atoms with van der Waals surface area (Å²) in [5, 5.41) is 12.4. The zero-order valence-electron chi connectivity index (χ0n) is 16.5. The van der Waals surface area contributed by atoms with Gasteiger partial charge in [-0.2, -0.15) is 13.2 Å². The smallest absolute Gasteiger partial charge is 0.416 e. The number of halogens is 3. The summed E-state index contributed by atoms with van der Waals surface area (Å²) < 4.78 is 51.3. The van der Waals surface area contributed by atoms with Crippen molar-refractivity contribution >= 4 is 22.6 Å². The summed E-state index contributed by atoms with van der Waals surface area (Å²) >= 11 is 0. The van der Waals surface area contributed by atoms with Gasteiger partial charge in [0, 0.05) is 38.2 Å². The monoisotopic (exact) mass is 426 g/mol. The van der Waals surface area contributed by atoms with Gasteiger partial charge in [0.15, 0.2) is 0 Å². The highest BCUT2D eigenvalue weighted by molar-refractivity contribution is 6.07. The standard InChI is InChI=1S/C21H25F3N2O4/c22-21(23,24)14-2-4-17-16(11-14)18-19(30-17)20(28)25-7-9-26(18)8-5-15-3-1-13(12-27)6-10-29-15/h2,4,11,13,15,27H,1,3,5-10,12H2,(H,25,28). The molecule has 2 aliphatic rings. The molecule has 0 bridgehead atoms. The zero-order chi connectivity index (χ0) is 21.3. The number of ether oxygens (including phenoxy) is 1. The second-order valence-corrected chi connectivity index (χ2v) is 7.93. The highest BCUT2D eigenvalue weighted by atomic mass is 19.4. The molecule has 3 heterocycles. The molecule has 0 saturated carbocycles. The molecule has 0 radical (unpaired) electrons. The molecule has 6 nitrogen and oxygen atoms in total. The highest BCUT2D eigenvalue weighted by Crippen LogP contribution is 2.39. The molecular weight excluding hydrogens is 401 g/mol. The molecule has 2 aliphatic heterocycles. The molecule has 1 saturated heterocycles. The van der Waals surface area contributed by atoms with Gasteiger partial charge in [-0.15, -0.1) is 0 Å². The van der Waals surface area contributed by atoms with Gasteiger partial charge in [-0.05, 0) is 49.8 Å². The van der Waals surface area contributed by atoms with Crippen LogP contribution in [0.1, 0.15) is 41.8 Å². The first-order valence-electron chi connectivity index (χ1n) is 10.3. The fourth-order valence-electron chi connectivity index (χ4n) is 4.21. The number of hydrogen-bond donors (Lipinski definition) is 2. The van der Waals surface area contributed by atoms with Crippen LogP contribution in [0, 0.1) is 5.92 Å². The number of aliphatic hydroxyl groups is 1. The van der Waals surface area contributed by atoms with Gasteiger partial charge < -0.3 is 24.5 Å². The molecule has 0 spiro atoms. The van der Waals surface area contributed by atoms with E-state index in [2.05, 4.69) is 5.32 Å². The Morgan fingerprint density at radius 1 is 1.23 bits per heavy atom. The second kappa shape index (κ2) is 8.47. The quantitative estimate of drug-likeness (QED) is 0.782. The number of furan rings is 1. The van der Waals surface area contributed by atoms with E-state index < -0.39 is 17.6 Å². The number of benzene rings is 1. The molecule has 1 amide bonds. The van der Waals surface area contributed by atoms with E-state index in [-0.39, 0.29) is 30.0 Å². The maximum absolute atomic E-state index is 13.2. The van der Waals surface area contributed by atoms with Gasteiger partial charge >= 0.3 is 6.18 Å². The van der Waals surface area contributed by atoms with E-state index in [0.717, 1.165) is 31.4 Å². The van der Waals surface area contributed by atoms with Crippen molar-refractivity contribution in [3.05, 3.63) is 29.5 Å². The topological polar surface area (TPSA) is 74.9 Å². The molecular formula is C21H25F3N2O4. The average molecular weight is 426 g/mol. The largest absolute Gasteiger partial charge is 0.449 e. The van der Waals surface area contributed by atoms with Crippen molar-refractivity contribution in [2.75, 3.05) is 37.7 Å². The van der Waals surface area contributed by atoms with E-state index in [9.17, 15) is 23.1 Å². The minimum Gasteiger partial charge on any atom is -0.449 e. The maximum Gasteiger partial charge on any atom is 0.416 e. The molecule has 164 valence electrons. The number of nitrogens with one attached hydrogen (secondary N) is 1. The summed E-state index contributed by atoms with van der Waals surface area (Å²) in [6, 6.07) is 3.28. The molecule has 1 aromatic heterocycles. The molecule has 2 atom stereocenters. The Hall–Kier alpha value is -2.26. The van der Waals surface area contributed by atoms with Crippen LogP contribution in [0.5, 0.6) is 0 Å². The van der Waals surface area contributed by atoms with Crippen molar-refractivity contribution < 1.29 is 32.2 Å². The lowest BCUT2D eigenvalue weighted by Crippen LogP contribution is -2.32. The number of carbonyl (C=O) groups excluding carboxylic acids is 1. The summed E-state index contributed by atoms with van der Waals surface area (Å²) in [7, 11) is 0. The lowest BCUT2D eigenvalue weighted by molar-refractivity contribution is -0.137. The number of amides is 1. The summed E-state index contributed by atoms with van der Waals surface area (Å²) in [6.07, 6.45) is -1.25. The van der Waals surface area contributed by atoms with Crippen LogP contribution in [0.15, 0.2) is 22.6 Å². The van der Waals surface area contributed by atoms with E-state index >= 15 is 0 Å². The van der Waals surface area contributed by atoms with E-state index in [1.165, 1.54) is 6.07 Å². The lowest BCUT2D eigenvalue weighted by atomic mass is 9.99. The lowest BCUT2D eigenvalue weighted by Gasteiger charge is -2.25. The highest BCUT2D eigenvalue weighted by Gasteiger charge is 2.34. The number of hydrogen-bond acceptors (Lipinski definition) is 5. The van der Waals surface area contributed by atoms with Gasteiger partial charge in [0.05, 0.1) is 17.4 Å². The summed E-state index contributed by atoms with van der Waals surface area (Å²) in [5.74, 6) is -0.127. The first kappa shape index (κ1) is 21.0. The van der Waals surface area contributed by atoms with Crippen molar-refractivity contribution in [2.45, 2.75) is 38.0 Å². The van der Waals surface area contributed by atoms with E-state index in [1.54, 1.807) is 0 Å². The number of rotatable bonds is 4. The first-order chi connectivity index (χ1) is 14.4. The Bertz CT molecular complexity index is 912. The molecule has 1 aromatic carbocycles. The number of aliphatic hydroxyl groups excluding tert-OH is 1. The van der Waals surface area contributed by atoms with Crippen LogP contribution in [0.4, 0.5) is 18.9 Å². The summed E-state index contributed by atoms with van der Waals surface area (Å²) in [4.78, 5) is 14.3. The third-order valence-corrected chi connectivity index (χ3v) is 5.93. The summed E-state index contributed by atoms with van der Waals surface area (Å²) in [5.41, 5.74) is -0.107. The van der Waals surface area contributed by atoms with Gasteiger partial charge in [-0.25, -0.2) is 0 Å². The Kier molecular flexibility index (Phi) is 5.92. The Morgan fingerprint density at radius 3 is 2.83 bits per heavy atom. The normalized spacial score (nSPS) is 23.1. The number of carbonyl (C=O) groups is 1. The SMILES string of the molecule is O=C1NCCN(CCC2CCC(CO)CCO2)c2c1oc1ccc(C(F)(F)F)cc21. The molecule has 0 aliphatic carbocycles. The van der Waals surface area contributed by atoms with Crippen LogP contribution in [0.3, 0.4) is 0 Å². The van der Waals surface area contributed by atoms with Crippen LogP contribution < -0.4 is 10.2 Å². The number of alkyl halides is 3. The van der Waals surface area contributed by atoms with Gasteiger partial charge in [-0.1, -0.05) is 0 Å². The van der Waals surface area contributed by atoms with Crippen molar-refractivity contribution in [3.63, 3.8) is 0 Å². The van der Waals surface area contributed by atoms with E-state index in [0.29, 0.717) is 43.7 Å². The molecule has 2 unspecified atom stereocenters. The maximum atomic E-state index is 13.2. The van der Waals surface area contributed by atoms with Gasteiger partial charge in [0.2, 0.25) is 5.76 Å². The fourth-order valence-corrected chi connectivity index (χ4v) is 4.21. The third kappa shape index (κ3) is 4.27. The second-order valence-electron chi connectivity index (χ2n) is 7.93. The predicted octanol–water partition coefficient (Wildman–Crippen LogP) is 3.57. The molecule has 30 heavy (non-hydrogen) atoms. The Morgan fingerprint density at radius 2 is 2.07 bits per heavy atom. The molecule has 2 N–H and O–H groups in total. The molecule has 4 rings (SSSR count). The van der Waals surface area contributed by atoms with Gasteiger partial charge in [0.25, 0.3) is 5.91 Å². The first-order valence-corrected chi connectivity index (χ1v) is 10.3. The van der Waals surface area contributed by atoms with Crippen molar-refractivity contribution in [1.82, 2.24) is 5.32 Å². The van der Waals surface area contributed by atoms with Crippen LogP contribution in [-0.4, -0.2) is 50.0 Å². The van der Waals surface area contributed by atoms with Crippen LogP contribution >= 0.6 is 0 Å². The number of anilines is 1. The van der Waals surface area contributed by atoms with Crippen LogP contribution in [-0.2, 0) is 10.9 Å². The van der Waals surface area contributed by atoms with Crippen LogP contribution in [0.25, 0.3) is 11.0 Å². The average Bonchev–Trinajstić information content (AvgIpc) is 2.83. The minimum absolute atomic E-state index is 0.0146. The number of fused-ring (bicyclic) bond motifs is 3. The minimum atomic E-state index is -4.48. The molecule has 2 aromatic rings. The predicted molar refractivity (Wildman–Crippen MR) is 105 cm³/mol. The summed E-state index contributed by atoms with van der Waals surface area (Å²) in [6.45, 7) is 2.12. The number of nitrogens with zero attached hydrogens (tertiary/aromatic N) is 1. The van der Waals surface area contributed by atoms with Crippen molar-refractivity contribution in [2.24, 2.45) is 5.92 Å². The molecule has 1 fully saturated rings. The van der Waals surface area contributed by atoms with Gasteiger partial charge in [0.1, 0.15) is 5.58 Å². The van der Waals surface area contributed by atoms with Crippen molar-refractivity contribution in [1.29, 1.82) is 0 Å². The van der Waals surface area contributed by atoms with Gasteiger partial charge in [-0.3, -0.25) is 4.79 Å². The Balaban J connectivity index is 1.60. The van der Waals surface area contributed by atoms with Crippen molar-refractivity contribution in [3.8, 4) is 0 Å². The van der Waals surface area contributed by atoms with E-state index in [1.807, 2.05) is 4.90 Å². The third-order valence-electron chi connectivity index (χ3n) is 5.93. The Labute approximate surface area is 172 Å². The zero-order valence-corrected chi connectivity index (χ0v) is 16.5.